The minimum absolute atomic E-state index is 0.0287. The van der Waals surface area contributed by atoms with Gasteiger partial charge in [0.2, 0.25) is 0 Å². The fourth-order valence-electron chi connectivity index (χ4n) is 4.71. The van der Waals surface area contributed by atoms with Crippen LogP contribution in [0, 0.1) is 5.82 Å². The highest BCUT2D eigenvalue weighted by Gasteiger charge is 2.33. The molecule has 1 saturated carbocycles. The number of aromatic nitrogens is 6. The van der Waals surface area contributed by atoms with Crippen molar-refractivity contribution in [2.75, 3.05) is 6.61 Å². The zero-order chi connectivity index (χ0) is 25.9. The molecule has 12 heteroatoms. The first kappa shape index (κ1) is 23.7. The summed E-state index contributed by atoms with van der Waals surface area (Å²) in [6, 6.07) is 2.69. The minimum atomic E-state index is -4.69. The fraction of sp³-hybridized carbons (Fsp3) is 0.400. The molecule has 192 valence electrons. The van der Waals surface area contributed by atoms with Crippen molar-refractivity contribution in [2.24, 2.45) is 7.05 Å². The third-order valence-electron chi connectivity index (χ3n) is 6.93. The number of aryl methyl sites for hydroxylation is 1. The van der Waals surface area contributed by atoms with Crippen molar-refractivity contribution in [1.82, 2.24) is 29.5 Å². The lowest BCUT2D eigenvalue weighted by atomic mass is 9.92. The Bertz CT molecular complexity index is 1560. The molecule has 3 aromatic heterocycles. The van der Waals surface area contributed by atoms with Gasteiger partial charge in [-0.1, -0.05) is 0 Å². The molecule has 6 rings (SSSR count). The molecule has 1 aromatic carbocycles. The molecule has 1 aliphatic carbocycles. The Morgan fingerprint density at radius 3 is 2.62 bits per heavy atom. The van der Waals surface area contributed by atoms with Gasteiger partial charge in [-0.15, -0.1) is 0 Å². The molecule has 0 amide bonds. The molecule has 0 radical (unpaired) electrons. The molecule has 1 saturated heterocycles. The molecule has 0 unspecified atom stereocenters. The van der Waals surface area contributed by atoms with Crippen LogP contribution >= 0.6 is 0 Å². The number of benzene rings is 1. The van der Waals surface area contributed by atoms with Crippen molar-refractivity contribution in [3.63, 3.8) is 0 Å². The Morgan fingerprint density at radius 2 is 1.89 bits per heavy atom. The van der Waals surface area contributed by atoms with E-state index in [1.54, 1.807) is 6.20 Å². The van der Waals surface area contributed by atoms with Crippen molar-refractivity contribution >= 4 is 10.9 Å². The summed E-state index contributed by atoms with van der Waals surface area (Å²) >= 11 is 0. The Balaban J connectivity index is 1.43. The molecule has 4 heterocycles. The molecular weight excluding hydrogens is 492 g/mol. The summed E-state index contributed by atoms with van der Waals surface area (Å²) in [6.45, 7) is 0.420. The highest BCUT2D eigenvalue weighted by atomic mass is 19.4. The van der Waals surface area contributed by atoms with E-state index in [1.807, 2.05) is 10.9 Å². The van der Waals surface area contributed by atoms with Crippen molar-refractivity contribution in [1.29, 1.82) is 0 Å². The first-order valence-corrected chi connectivity index (χ1v) is 12.0. The van der Waals surface area contributed by atoms with Gasteiger partial charge in [-0.25, -0.2) is 19.0 Å². The molecule has 2 aliphatic rings. The van der Waals surface area contributed by atoms with Crippen LogP contribution in [0.2, 0.25) is 0 Å². The quantitative estimate of drug-likeness (QED) is 0.367. The zero-order valence-corrected chi connectivity index (χ0v) is 19.7. The van der Waals surface area contributed by atoms with Gasteiger partial charge in [-0.05, 0) is 43.9 Å². The van der Waals surface area contributed by atoms with Crippen LogP contribution < -0.4 is 5.56 Å². The lowest BCUT2D eigenvalue weighted by molar-refractivity contribution is -0.137. The van der Waals surface area contributed by atoms with Crippen molar-refractivity contribution < 1.29 is 22.3 Å². The predicted octanol–water partition coefficient (Wildman–Crippen LogP) is 4.72. The van der Waals surface area contributed by atoms with E-state index in [9.17, 15) is 18.0 Å². The van der Waals surface area contributed by atoms with Crippen molar-refractivity contribution in [3.05, 3.63) is 69.9 Å². The number of alkyl halides is 3. The van der Waals surface area contributed by atoms with Crippen LogP contribution in [-0.2, 0) is 18.0 Å². The highest BCUT2D eigenvalue weighted by Crippen LogP contribution is 2.40. The lowest BCUT2D eigenvalue weighted by Crippen LogP contribution is -2.24. The van der Waals surface area contributed by atoms with Crippen LogP contribution in [0.25, 0.3) is 22.2 Å². The second-order valence-corrected chi connectivity index (χ2v) is 9.52. The van der Waals surface area contributed by atoms with Gasteiger partial charge in [0, 0.05) is 36.9 Å². The van der Waals surface area contributed by atoms with Gasteiger partial charge in [-0.2, -0.15) is 23.4 Å². The summed E-state index contributed by atoms with van der Waals surface area (Å²) in [5, 5.41) is 8.59. The average molecular weight is 514 g/mol. The summed E-state index contributed by atoms with van der Waals surface area (Å²) in [5.41, 5.74) is -0.788. The SMILES string of the molecule is Cn1ncc2c(-c3ccc(C(F)(F)F)cc3F)nc([C@H]3CCO[C@H](c4cnn(C5CC5)c4)C3)nc2c1=O. The normalized spacial score (nSPS) is 20.5. The molecule has 0 N–H and O–H groups in total. The van der Waals surface area contributed by atoms with E-state index in [2.05, 4.69) is 20.2 Å². The van der Waals surface area contributed by atoms with Gasteiger partial charge in [0.1, 0.15) is 17.2 Å². The third-order valence-corrected chi connectivity index (χ3v) is 6.93. The van der Waals surface area contributed by atoms with Crippen LogP contribution in [-0.4, -0.2) is 36.1 Å². The van der Waals surface area contributed by atoms with Gasteiger partial charge in [0.15, 0.2) is 0 Å². The number of hydrogen-bond donors (Lipinski definition) is 0. The number of nitrogens with zero attached hydrogens (tertiary/aromatic N) is 6. The molecular formula is C25H22F4N6O2. The standard InChI is InChI=1S/C25H22F4N6O2/c1-34-24(36)22-18(11-30-34)21(17-5-2-15(9-19(17)26)25(27,28)29)32-23(33-22)13-6-7-37-20(8-13)14-10-31-35(12-14)16-3-4-16/h2,5,9-13,16,20H,3-4,6-8H2,1H3/t13-,20-/m0/s1. The van der Waals surface area contributed by atoms with Gasteiger partial charge in [0.25, 0.3) is 5.56 Å². The van der Waals surface area contributed by atoms with E-state index in [1.165, 1.54) is 13.2 Å². The maximum Gasteiger partial charge on any atom is 0.416 e. The molecule has 0 spiro atoms. The largest absolute Gasteiger partial charge is 0.416 e. The smallest absolute Gasteiger partial charge is 0.373 e. The van der Waals surface area contributed by atoms with Crippen molar-refractivity contribution in [2.45, 2.75) is 49.9 Å². The summed E-state index contributed by atoms with van der Waals surface area (Å²) in [4.78, 5) is 22.0. The first-order valence-electron chi connectivity index (χ1n) is 12.0. The van der Waals surface area contributed by atoms with Crippen LogP contribution in [0.4, 0.5) is 17.6 Å². The van der Waals surface area contributed by atoms with E-state index in [4.69, 9.17) is 4.74 Å². The average Bonchev–Trinajstić information content (AvgIpc) is 3.61. The molecule has 37 heavy (non-hydrogen) atoms. The van der Waals surface area contributed by atoms with Crippen molar-refractivity contribution in [3.8, 4) is 11.3 Å². The summed E-state index contributed by atoms with van der Waals surface area (Å²) in [5.74, 6) is -1.01. The number of halogens is 4. The summed E-state index contributed by atoms with van der Waals surface area (Å²) in [6.07, 6.45) is 3.44. The summed E-state index contributed by atoms with van der Waals surface area (Å²) < 4.78 is 63.4. The number of fused-ring (bicyclic) bond motifs is 1. The predicted molar refractivity (Wildman–Crippen MR) is 124 cm³/mol. The Labute approximate surface area is 207 Å². The third kappa shape index (κ3) is 4.39. The van der Waals surface area contributed by atoms with E-state index in [-0.39, 0.29) is 34.2 Å². The van der Waals surface area contributed by atoms with E-state index in [0.29, 0.717) is 37.4 Å². The second kappa shape index (κ2) is 8.72. The second-order valence-electron chi connectivity index (χ2n) is 9.52. The maximum absolute atomic E-state index is 15.0. The van der Waals surface area contributed by atoms with Crippen LogP contribution in [0.15, 0.2) is 41.6 Å². The molecule has 2 atom stereocenters. The topological polar surface area (TPSA) is 87.7 Å². The van der Waals surface area contributed by atoms with Crippen LogP contribution in [0.1, 0.15) is 60.7 Å². The maximum atomic E-state index is 15.0. The Hall–Kier alpha value is -3.67. The Morgan fingerprint density at radius 1 is 1.08 bits per heavy atom. The van der Waals surface area contributed by atoms with Gasteiger partial charge in [-0.3, -0.25) is 9.48 Å². The van der Waals surface area contributed by atoms with E-state index >= 15 is 4.39 Å². The van der Waals surface area contributed by atoms with Gasteiger partial charge >= 0.3 is 6.18 Å². The lowest BCUT2D eigenvalue weighted by Gasteiger charge is -2.28. The monoisotopic (exact) mass is 514 g/mol. The number of hydrogen-bond acceptors (Lipinski definition) is 6. The highest BCUT2D eigenvalue weighted by molar-refractivity contribution is 5.91. The Kier molecular flexibility index (Phi) is 5.59. The van der Waals surface area contributed by atoms with Crippen LogP contribution in [0.5, 0.6) is 0 Å². The first-order chi connectivity index (χ1) is 17.7. The minimum Gasteiger partial charge on any atom is -0.373 e. The molecule has 4 aromatic rings. The zero-order valence-electron chi connectivity index (χ0n) is 19.7. The number of rotatable bonds is 4. The summed E-state index contributed by atoms with van der Waals surface area (Å²) in [7, 11) is 1.46. The van der Waals surface area contributed by atoms with Crippen LogP contribution in [0.3, 0.4) is 0 Å². The van der Waals surface area contributed by atoms with Gasteiger partial charge in [0.05, 0.1) is 41.2 Å². The molecule has 0 bridgehead atoms. The van der Waals surface area contributed by atoms with E-state index < -0.39 is 23.1 Å². The number of ether oxygens (including phenoxy) is 1. The van der Waals surface area contributed by atoms with E-state index in [0.717, 1.165) is 35.2 Å². The molecule has 1 aliphatic heterocycles. The molecule has 8 nitrogen and oxygen atoms in total. The molecule has 2 fully saturated rings. The fourth-order valence-corrected chi connectivity index (χ4v) is 4.71. The van der Waals surface area contributed by atoms with Gasteiger partial charge < -0.3 is 4.74 Å².